The first-order valence-corrected chi connectivity index (χ1v) is 5.17. The van der Waals surface area contributed by atoms with Crippen LogP contribution in [-0.4, -0.2) is 35.7 Å². The summed E-state index contributed by atoms with van der Waals surface area (Å²) in [5.74, 6) is -1.45. The lowest BCUT2D eigenvalue weighted by molar-refractivity contribution is -0.144. The van der Waals surface area contributed by atoms with Crippen LogP contribution in [0.2, 0.25) is 0 Å². The Balaban J connectivity index is 2.50. The van der Waals surface area contributed by atoms with E-state index in [1.54, 1.807) is 13.8 Å². The minimum Gasteiger partial charge on any atom is -0.480 e. The summed E-state index contributed by atoms with van der Waals surface area (Å²) in [4.78, 5) is 22.4. The maximum absolute atomic E-state index is 11.6. The molecule has 0 spiro atoms. The molecule has 0 bridgehead atoms. The van der Waals surface area contributed by atoms with Crippen molar-refractivity contribution >= 4 is 11.9 Å². The normalized spacial score (nSPS) is 22.7. The molecule has 1 heterocycles. The van der Waals surface area contributed by atoms with E-state index in [-0.39, 0.29) is 11.8 Å². The molecule has 1 fully saturated rings. The van der Waals surface area contributed by atoms with Crippen LogP contribution in [0.3, 0.4) is 0 Å². The molecular weight excluding hydrogens is 198 g/mol. The second-order valence-electron chi connectivity index (χ2n) is 4.07. The molecule has 1 saturated heterocycles. The molecule has 2 N–H and O–H groups in total. The standard InChI is InChI=1S/C10H17NO4/c1-6(2)8(10(13)14)11-9(12)7-4-3-5-15-7/h6-8H,3-5H2,1-2H3,(H,11,12)(H,13,14)/t7?,8-/m1/s1. The number of carboxylic acids is 1. The Morgan fingerprint density at radius 3 is 2.53 bits per heavy atom. The van der Waals surface area contributed by atoms with Gasteiger partial charge >= 0.3 is 5.97 Å². The molecule has 0 aromatic rings. The van der Waals surface area contributed by atoms with Crippen LogP contribution in [-0.2, 0) is 14.3 Å². The van der Waals surface area contributed by atoms with E-state index in [4.69, 9.17) is 9.84 Å². The van der Waals surface area contributed by atoms with Gasteiger partial charge in [0.25, 0.3) is 0 Å². The minimum atomic E-state index is -1.00. The van der Waals surface area contributed by atoms with E-state index >= 15 is 0 Å². The first-order chi connectivity index (χ1) is 7.02. The molecule has 1 aliphatic rings. The number of aliphatic carboxylic acids is 1. The average Bonchev–Trinajstić information content (AvgIpc) is 2.65. The molecule has 1 aliphatic heterocycles. The lowest BCUT2D eigenvalue weighted by atomic mass is 10.0. The molecule has 5 nitrogen and oxygen atoms in total. The van der Waals surface area contributed by atoms with E-state index in [2.05, 4.69) is 5.32 Å². The third-order valence-corrected chi connectivity index (χ3v) is 2.45. The van der Waals surface area contributed by atoms with Gasteiger partial charge in [-0.15, -0.1) is 0 Å². The molecule has 1 amide bonds. The van der Waals surface area contributed by atoms with Gasteiger partial charge < -0.3 is 15.2 Å². The number of hydrogen-bond donors (Lipinski definition) is 2. The Kier molecular flexibility index (Phi) is 4.08. The quantitative estimate of drug-likeness (QED) is 0.711. The van der Waals surface area contributed by atoms with Crippen LogP contribution < -0.4 is 5.32 Å². The van der Waals surface area contributed by atoms with Crippen molar-refractivity contribution in [3.8, 4) is 0 Å². The van der Waals surface area contributed by atoms with E-state index in [9.17, 15) is 9.59 Å². The van der Waals surface area contributed by atoms with Gasteiger partial charge in [0, 0.05) is 6.61 Å². The first kappa shape index (κ1) is 12.0. The van der Waals surface area contributed by atoms with Gasteiger partial charge in [-0.25, -0.2) is 4.79 Å². The number of carbonyl (C=O) groups excluding carboxylic acids is 1. The number of hydrogen-bond acceptors (Lipinski definition) is 3. The predicted molar refractivity (Wildman–Crippen MR) is 53.4 cm³/mol. The van der Waals surface area contributed by atoms with E-state index in [1.165, 1.54) is 0 Å². The summed E-state index contributed by atoms with van der Waals surface area (Å²) in [6.07, 6.45) is 1.07. The summed E-state index contributed by atoms with van der Waals surface area (Å²) in [5.41, 5.74) is 0. The zero-order valence-corrected chi connectivity index (χ0v) is 9.03. The van der Waals surface area contributed by atoms with Crippen molar-refractivity contribution in [2.24, 2.45) is 5.92 Å². The highest BCUT2D eigenvalue weighted by atomic mass is 16.5. The molecule has 1 rings (SSSR count). The van der Waals surface area contributed by atoms with Crippen molar-refractivity contribution in [1.82, 2.24) is 5.32 Å². The molecule has 0 saturated carbocycles. The van der Waals surface area contributed by atoms with E-state index in [0.29, 0.717) is 13.0 Å². The number of amides is 1. The molecule has 1 unspecified atom stereocenters. The fourth-order valence-corrected chi connectivity index (χ4v) is 1.54. The van der Waals surface area contributed by atoms with E-state index in [0.717, 1.165) is 6.42 Å². The molecular formula is C10H17NO4. The largest absolute Gasteiger partial charge is 0.480 e. The summed E-state index contributed by atoms with van der Waals surface area (Å²) < 4.78 is 5.17. The van der Waals surface area contributed by atoms with Crippen molar-refractivity contribution in [2.45, 2.75) is 38.8 Å². The maximum atomic E-state index is 11.6. The smallest absolute Gasteiger partial charge is 0.326 e. The minimum absolute atomic E-state index is 0.132. The van der Waals surface area contributed by atoms with E-state index in [1.807, 2.05) is 0 Å². The van der Waals surface area contributed by atoms with Crippen LogP contribution in [0.4, 0.5) is 0 Å². The first-order valence-electron chi connectivity index (χ1n) is 5.17. The van der Waals surface area contributed by atoms with Crippen molar-refractivity contribution in [3.63, 3.8) is 0 Å². The molecule has 2 atom stereocenters. The number of carbonyl (C=O) groups is 2. The topological polar surface area (TPSA) is 75.6 Å². The van der Waals surface area contributed by atoms with Gasteiger partial charge in [0.1, 0.15) is 12.1 Å². The number of nitrogens with one attached hydrogen (secondary N) is 1. The molecule has 86 valence electrons. The lowest BCUT2D eigenvalue weighted by Crippen LogP contribution is -2.48. The number of carboxylic acid groups (broad SMARTS) is 1. The van der Waals surface area contributed by atoms with Gasteiger partial charge in [0.2, 0.25) is 5.91 Å². The van der Waals surface area contributed by atoms with Gasteiger partial charge in [0.15, 0.2) is 0 Å². The Morgan fingerprint density at radius 1 is 1.47 bits per heavy atom. The predicted octanol–water partition coefficient (Wildman–Crippen LogP) is 0.391. The summed E-state index contributed by atoms with van der Waals surface area (Å²) in [5, 5.41) is 11.4. The highest BCUT2D eigenvalue weighted by molar-refractivity contribution is 5.86. The van der Waals surface area contributed by atoms with Crippen molar-refractivity contribution < 1.29 is 19.4 Å². The lowest BCUT2D eigenvalue weighted by Gasteiger charge is -2.19. The second-order valence-corrected chi connectivity index (χ2v) is 4.07. The van der Waals surface area contributed by atoms with Crippen LogP contribution >= 0.6 is 0 Å². The van der Waals surface area contributed by atoms with Crippen molar-refractivity contribution in [1.29, 1.82) is 0 Å². The fraction of sp³-hybridized carbons (Fsp3) is 0.800. The highest BCUT2D eigenvalue weighted by Gasteiger charge is 2.29. The fourth-order valence-electron chi connectivity index (χ4n) is 1.54. The van der Waals surface area contributed by atoms with E-state index < -0.39 is 18.1 Å². The van der Waals surface area contributed by atoms with Gasteiger partial charge in [-0.05, 0) is 18.8 Å². The average molecular weight is 215 g/mol. The molecule has 0 radical (unpaired) electrons. The number of rotatable bonds is 4. The van der Waals surface area contributed by atoms with Crippen LogP contribution in [0, 0.1) is 5.92 Å². The van der Waals surface area contributed by atoms with Gasteiger partial charge in [0.05, 0.1) is 0 Å². The summed E-state index contributed by atoms with van der Waals surface area (Å²) in [6, 6.07) is -0.832. The summed E-state index contributed by atoms with van der Waals surface area (Å²) in [6.45, 7) is 4.10. The Morgan fingerprint density at radius 2 is 2.13 bits per heavy atom. The molecule has 0 aromatic heterocycles. The monoisotopic (exact) mass is 215 g/mol. The number of ether oxygens (including phenoxy) is 1. The molecule has 15 heavy (non-hydrogen) atoms. The molecule has 0 aromatic carbocycles. The van der Waals surface area contributed by atoms with Crippen molar-refractivity contribution in [3.05, 3.63) is 0 Å². The Labute approximate surface area is 88.8 Å². The zero-order chi connectivity index (χ0) is 11.4. The summed E-state index contributed by atoms with van der Waals surface area (Å²) in [7, 11) is 0. The second kappa shape index (κ2) is 5.11. The van der Waals surface area contributed by atoms with Crippen LogP contribution in [0.5, 0.6) is 0 Å². The van der Waals surface area contributed by atoms with Gasteiger partial charge in [-0.2, -0.15) is 0 Å². The molecule has 5 heteroatoms. The Bertz CT molecular complexity index is 246. The third-order valence-electron chi connectivity index (χ3n) is 2.45. The highest BCUT2D eigenvalue weighted by Crippen LogP contribution is 2.13. The Hall–Kier alpha value is -1.10. The zero-order valence-electron chi connectivity index (χ0n) is 9.03. The summed E-state index contributed by atoms with van der Waals surface area (Å²) >= 11 is 0. The molecule has 0 aliphatic carbocycles. The van der Waals surface area contributed by atoms with Crippen LogP contribution in [0.15, 0.2) is 0 Å². The van der Waals surface area contributed by atoms with Crippen LogP contribution in [0.1, 0.15) is 26.7 Å². The third kappa shape index (κ3) is 3.20. The van der Waals surface area contributed by atoms with Crippen LogP contribution in [0.25, 0.3) is 0 Å². The van der Waals surface area contributed by atoms with Crippen molar-refractivity contribution in [2.75, 3.05) is 6.61 Å². The SMILES string of the molecule is CC(C)[C@@H](NC(=O)C1CCCO1)C(=O)O. The maximum Gasteiger partial charge on any atom is 0.326 e. The van der Waals surface area contributed by atoms with Gasteiger partial charge in [-0.3, -0.25) is 4.79 Å². The van der Waals surface area contributed by atoms with Gasteiger partial charge in [-0.1, -0.05) is 13.8 Å².